The molecule has 0 saturated carbocycles. The molecule has 31 heavy (non-hydrogen) atoms. The first kappa shape index (κ1) is 21.0. The Labute approximate surface area is 177 Å². The summed E-state index contributed by atoms with van der Waals surface area (Å²) in [5, 5.41) is 3.01. The summed E-state index contributed by atoms with van der Waals surface area (Å²) in [4.78, 5) is 16.7. The molecule has 2 atom stereocenters. The minimum atomic E-state index is -4.40. The van der Waals surface area contributed by atoms with Crippen LogP contribution in [0.2, 0.25) is 0 Å². The van der Waals surface area contributed by atoms with Gasteiger partial charge in [-0.15, -0.1) is 0 Å². The highest BCUT2D eigenvalue weighted by atomic mass is 19.4. The van der Waals surface area contributed by atoms with Crippen LogP contribution in [0.1, 0.15) is 42.0 Å². The number of hydrogen-bond acceptors (Lipinski definition) is 2. The number of carbonyl (C=O) groups is 1. The van der Waals surface area contributed by atoms with E-state index in [-0.39, 0.29) is 23.7 Å². The quantitative estimate of drug-likeness (QED) is 0.541. The van der Waals surface area contributed by atoms with E-state index < -0.39 is 11.7 Å². The molecule has 3 nitrogen and oxygen atoms in total. The highest BCUT2D eigenvalue weighted by Crippen LogP contribution is 2.34. The molecule has 1 aromatic heterocycles. The van der Waals surface area contributed by atoms with Gasteiger partial charge in [0.2, 0.25) is 5.91 Å². The second-order valence-corrected chi connectivity index (χ2v) is 7.62. The number of nitrogens with one attached hydrogen (secondary N) is 1. The zero-order valence-electron chi connectivity index (χ0n) is 16.5. The van der Waals surface area contributed by atoms with Gasteiger partial charge in [0.15, 0.2) is 0 Å². The fourth-order valence-electron chi connectivity index (χ4n) is 3.98. The van der Waals surface area contributed by atoms with Gasteiger partial charge in [-0.3, -0.25) is 9.78 Å². The molecule has 1 N–H and O–H groups in total. The summed E-state index contributed by atoms with van der Waals surface area (Å²) in [6, 6.07) is 16.1. The van der Waals surface area contributed by atoms with Crippen molar-refractivity contribution in [3.63, 3.8) is 0 Å². The first-order chi connectivity index (χ1) is 14.8. The van der Waals surface area contributed by atoms with E-state index in [1.54, 1.807) is 24.3 Å². The summed E-state index contributed by atoms with van der Waals surface area (Å²) >= 11 is 0. The number of nitrogens with zero attached hydrogens (tertiary/aromatic N) is 1. The van der Waals surface area contributed by atoms with Gasteiger partial charge >= 0.3 is 6.18 Å². The van der Waals surface area contributed by atoms with Crippen molar-refractivity contribution in [3.05, 3.63) is 89.4 Å². The van der Waals surface area contributed by atoms with Crippen molar-refractivity contribution in [3.8, 4) is 11.3 Å². The maximum absolute atomic E-state index is 13.5. The molecule has 4 rings (SSSR count). The number of hydrogen-bond donors (Lipinski definition) is 1. The average Bonchev–Trinajstić information content (AvgIpc) is 2.75. The third-order valence-electron chi connectivity index (χ3n) is 5.49. The van der Waals surface area contributed by atoms with E-state index in [0.717, 1.165) is 30.5 Å². The Hall–Kier alpha value is -3.22. The minimum absolute atomic E-state index is 0.0396. The topological polar surface area (TPSA) is 42.0 Å². The lowest BCUT2D eigenvalue weighted by atomic mass is 9.83. The molecular weight excluding hydrogens is 408 g/mol. The molecule has 0 radical (unpaired) electrons. The van der Waals surface area contributed by atoms with Crippen LogP contribution in [0, 0.1) is 5.82 Å². The van der Waals surface area contributed by atoms with Gasteiger partial charge in [-0.1, -0.05) is 30.3 Å². The van der Waals surface area contributed by atoms with E-state index in [2.05, 4.69) is 5.32 Å². The largest absolute Gasteiger partial charge is 0.416 e. The average molecular weight is 428 g/mol. The maximum atomic E-state index is 13.5. The second-order valence-electron chi connectivity index (χ2n) is 7.62. The Morgan fingerprint density at radius 1 is 0.968 bits per heavy atom. The van der Waals surface area contributed by atoms with Gasteiger partial charge in [-0.25, -0.2) is 4.39 Å². The number of pyridine rings is 1. The molecule has 0 aliphatic carbocycles. The Balaban J connectivity index is 1.72. The van der Waals surface area contributed by atoms with Crippen molar-refractivity contribution < 1.29 is 22.4 Å². The predicted octanol–water partition coefficient (Wildman–Crippen LogP) is 5.71. The fourth-order valence-corrected chi connectivity index (χ4v) is 3.98. The Bertz CT molecular complexity index is 1060. The molecule has 0 spiro atoms. The number of amides is 1. The van der Waals surface area contributed by atoms with Crippen LogP contribution in [0.5, 0.6) is 0 Å². The van der Waals surface area contributed by atoms with E-state index in [4.69, 9.17) is 4.98 Å². The lowest BCUT2D eigenvalue weighted by Crippen LogP contribution is -2.43. The zero-order chi connectivity index (χ0) is 22.0. The molecule has 1 fully saturated rings. The van der Waals surface area contributed by atoms with E-state index in [1.807, 2.05) is 6.07 Å². The van der Waals surface area contributed by atoms with Crippen molar-refractivity contribution in [1.29, 1.82) is 0 Å². The van der Waals surface area contributed by atoms with E-state index in [9.17, 15) is 22.4 Å². The van der Waals surface area contributed by atoms with E-state index in [0.29, 0.717) is 23.4 Å². The fraction of sp³-hybridized carbons (Fsp3) is 0.250. The van der Waals surface area contributed by atoms with Crippen molar-refractivity contribution in [2.45, 2.75) is 37.4 Å². The van der Waals surface area contributed by atoms with Gasteiger partial charge in [0.25, 0.3) is 0 Å². The predicted molar refractivity (Wildman–Crippen MR) is 109 cm³/mol. The lowest BCUT2D eigenvalue weighted by Gasteiger charge is -2.31. The molecule has 3 aromatic rings. The Morgan fingerprint density at radius 2 is 1.68 bits per heavy atom. The highest BCUT2D eigenvalue weighted by molar-refractivity contribution is 5.77. The molecule has 1 aliphatic heterocycles. The Morgan fingerprint density at radius 3 is 2.32 bits per heavy atom. The number of alkyl halides is 3. The molecule has 2 aromatic carbocycles. The summed E-state index contributed by atoms with van der Waals surface area (Å²) in [5.74, 6) is -0.705. The van der Waals surface area contributed by atoms with Crippen molar-refractivity contribution in [2.24, 2.45) is 0 Å². The van der Waals surface area contributed by atoms with Crippen LogP contribution in [0.4, 0.5) is 17.6 Å². The third kappa shape index (κ3) is 4.76. The number of benzene rings is 2. The maximum Gasteiger partial charge on any atom is 0.416 e. The standard InChI is InChI=1S/C24H20F4N2O/c25-18-13-9-16(10-14-18)23(21-5-2-6-22(31)30-21)20-4-1-3-19(29-20)15-7-11-17(12-8-15)24(26,27)28/h1,3-4,7-14,21,23H,2,5-6H2,(H,30,31)/t21-,23+/m1/s1. The van der Waals surface area contributed by atoms with Crippen LogP contribution in [0.15, 0.2) is 66.7 Å². The van der Waals surface area contributed by atoms with Gasteiger partial charge in [0.05, 0.1) is 17.0 Å². The first-order valence-electron chi connectivity index (χ1n) is 10.0. The van der Waals surface area contributed by atoms with Crippen LogP contribution < -0.4 is 5.32 Å². The summed E-state index contributed by atoms with van der Waals surface area (Å²) in [7, 11) is 0. The lowest BCUT2D eigenvalue weighted by molar-refractivity contribution is -0.137. The van der Waals surface area contributed by atoms with E-state index >= 15 is 0 Å². The van der Waals surface area contributed by atoms with Gasteiger partial charge in [0.1, 0.15) is 5.82 Å². The SMILES string of the molecule is O=C1CCC[C@H]([C@@H](c2ccc(F)cc2)c2cccc(-c3ccc(C(F)(F)F)cc3)n2)N1. The summed E-state index contributed by atoms with van der Waals surface area (Å²) in [5.41, 5.74) is 1.84. The number of halogens is 4. The molecule has 1 saturated heterocycles. The molecular formula is C24H20F4N2O. The normalized spacial score (nSPS) is 17.8. The van der Waals surface area contributed by atoms with Crippen LogP contribution in [-0.2, 0) is 11.0 Å². The molecule has 1 aliphatic rings. The number of rotatable bonds is 4. The molecule has 0 bridgehead atoms. The molecule has 2 heterocycles. The zero-order valence-corrected chi connectivity index (χ0v) is 16.5. The monoisotopic (exact) mass is 428 g/mol. The van der Waals surface area contributed by atoms with Crippen LogP contribution >= 0.6 is 0 Å². The van der Waals surface area contributed by atoms with Crippen molar-refractivity contribution in [1.82, 2.24) is 10.3 Å². The number of piperidine rings is 1. The van der Waals surface area contributed by atoms with Gasteiger partial charge < -0.3 is 5.32 Å². The van der Waals surface area contributed by atoms with Crippen LogP contribution in [0.3, 0.4) is 0 Å². The molecule has 7 heteroatoms. The number of aromatic nitrogens is 1. The smallest absolute Gasteiger partial charge is 0.352 e. The van der Waals surface area contributed by atoms with Gasteiger partial charge in [-0.05, 0) is 54.8 Å². The summed E-state index contributed by atoms with van der Waals surface area (Å²) in [6.07, 6.45) is -2.45. The van der Waals surface area contributed by atoms with Crippen molar-refractivity contribution >= 4 is 5.91 Å². The Kier molecular flexibility index (Phi) is 5.76. The highest BCUT2D eigenvalue weighted by Gasteiger charge is 2.31. The molecule has 0 unspecified atom stereocenters. The van der Waals surface area contributed by atoms with Gasteiger partial charge in [-0.2, -0.15) is 13.2 Å². The summed E-state index contributed by atoms with van der Waals surface area (Å²) in [6.45, 7) is 0. The van der Waals surface area contributed by atoms with Crippen molar-refractivity contribution in [2.75, 3.05) is 0 Å². The second kappa shape index (κ2) is 8.49. The third-order valence-corrected chi connectivity index (χ3v) is 5.49. The summed E-state index contributed by atoms with van der Waals surface area (Å²) < 4.78 is 52.1. The first-order valence-corrected chi connectivity index (χ1v) is 10.0. The van der Waals surface area contributed by atoms with Gasteiger partial charge in [0, 0.05) is 23.9 Å². The van der Waals surface area contributed by atoms with Crippen LogP contribution in [-0.4, -0.2) is 16.9 Å². The number of carbonyl (C=O) groups excluding carboxylic acids is 1. The molecule has 160 valence electrons. The van der Waals surface area contributed by atoms with Crippen LogP contribution in [0.25, 0.3) is 11.3 Å². The minimum Gasteiger partial charge on any atom is -0.352 e. The molecule has 1 amide bonds. The van der Waals surface area contributed by atoms with E-state index in [1.165, 1.54) is 24.3 Å².